The molecule has 2 atom stereocenters. The van der Waals surface area contributed by atoms with E-state index < -0.39 is 5.12 Å². The third-order valence-corrected chi connectivity index (χ3v) is 4.08. The lowest BCUT2D eigenvalue weighted by atomic mass is 10.1. The third kappa shape index (κ3) is 1.13. The molecular formula is C11H12O2S. The van der Waals surface area contributed by atoms with Gasteiger partial charge in [0.2, 0.25) is 5.12 Å². The Morgan fingerprint density at radius 2 is 2.29 bits per heavy atom. The lowest BCUT2D eigenvalue weighted by molar-refractivity contribution is -0.177. The van der Waals surface area contributed by atoms with E-state index >= 15 is 0 Å². The van der Waals surface area contributed by atoms with Gasteiger partial charge < -0.3 is 9.47 Å². The Balaban J connectivity index is 2.05. The van der Waals surface area contributed by atoms with Crippen molar-refractivity contribution in [2.45, 2.75) is 24.8 Å². The number of thioether (sulfide) groups is 1. The SMILES string of the molecule is C[C@H]1CS[C@@]2(OCc3ccccc32)O1. The second-order valence-electron chi connectivity index (χ2n) is 3.74. The molecule has 0 aliphatic carbocycles. The van der Waals surface area contributed by atoms with Gasteiger partial charge in [-0.3, -0.25) is 0 Å². The minimum absolute atomic E-state index is 0.283. The maximum atomic E-state index is 5.88. The Labute approximate surface area is 87.6 Å². The monoisotopic (exact) mass is 208 g/mol. The van der Waals surface area contributed by atoms with Gasteiger partial charge in [0.15, 0.2) is 0 Å². The zero-order valence-electron chi connectivity index (χ0n) is 8.03. The standard InChI is InChI=1S/C11H12O2S/c1-8-7-14-11(13-8)10-5-3-2-4-9(10)6-12-11/h2-5,8H,6-7H2,1H3/t8-,11-/m0/s1. The molecule has 0 saturated carbocycles. The van der Waals surface area contributed by atoms with Crippen LogP contribution in [0.15, 0.2) is 24.3 Å². The van der Waals surface area contributed by atoms with E-state index in [-0.39, 0.29) is 6.10 Å². The van der Waals surface area contributed by atoms with Gasteiger partial charge in [-0.25, -0.2) is 0 Å². The summed E-state index contributed by atoms with van der Waals surface area (Å²) in [5, 5.41) is -0.490. The van der Waals surface area contributed by atoms with Crippen LogP contribution >= 0.6 is 11.8 Å². The Kier molecular flexibility index (Phi) is 1.87. The van der Waals surface area contributed by atoms with Gasteiger partial charge in [-0.1, -0.05) is 36.0 Å². The molecule has 2 aliphatic heterocycles. The maximum absolute atomic E-state index is 5.88. The van der Waals surface area contributed by atoms with E-state index in [1.54, 1.807) is 11.8 Å². The first-order valence-corrected chi connectivity index (χ1v) is 5.83. The molecule has 3 rings (SSSR count). The zero-order chi connectivity index (χ0) is 9.60. The van der Waals surface area contributed by atoms with Crippen LogP contribution in [0.2, 0.25) is 0 Å². The molecule has 1 fully saturated rings. The van der Waals surface area contributed by atoms with Gasteiger partial charge in [0, 0.05) is 11.3 Å². The predicted octanol–water partition coefficient (Wildman–Crippen LogP) is 2.48. The molecule has 1 aromatic rings. The van der Waals surface area contributed by atoms with Gasteiger partial charge in [-0.15, -0.1) is 0 Å². The molecule has 2 nitrogen and oxygen atoms in total. The van der Waals surface area contributed by atoms with Crippen LogP contribution in [0.1, 0.15) is 18.1 Å². The van der Waals surface area contributed by atoms with Crippen molar-refractivity contribution in [2.75, 3.05) is 5.75 Å². The van der Waals surface area contributed by atoms with Gasteiger partial charge in [0.25, 0.3) is 0 Å². The molecule has 0 aromatic heterocycles. The first-order chi connectivity index (χ1) is 6.80. The molecule has 2 aliphatic rings. The van der Waals surface area contributed by atoms with Crippen molar-refractivity contribution in [3.63, 3.8) is 0 Å². The van der Waals surface area contributed by atoms with Crippen LogP contribution in [-0.4, -0.2) is 11.9 Å². The van der Waals surface area contributed by atoms with Crippen molar-refractivity contribution in [2.24, 2.45) is 0 Å². The Bertz CT molecular complexity index is 362. The number of ether oxygens (including phenoxy) is 2. The van der Waals surface area contributed by atoms with Crippen molar-refractivity contribution in [1.29, 1.82) is 0 Å². The minimum atomic E-state index is -0.490. The van der Waals surface area contributed by atoms with E-state index in [9.17, 15) is 0 Å². The topological polar surface area (TPSA) is 18.5 Å². The van der Waals surface area contributed by atoms with Crippen LogP contribution in [-0.2, 0) is 21.2 Å². The van der Waals surface area contributed by atoms with Crippen molar-refractivity contribution >= 4 is 11.8 Å². The van der Waals surface area contributed by atoms with Crippen LogP contribution in [0.3, 0.4) is 0 Å². The first kappa shape index (κ1) is 8.77. The van der Waals surface area contributed by atoms with Crippen molar-refractivity contribution in [3.05, 3.63) is 35.4 Å². The summed E-state index contributed by atoms with van der Waals surface area (Å²) in [4.78, 5) is 0. The quantitative estimate of drug-likeness (QED) is 0.652. The Morgan fingerprint density at radius 3 is 3.07 bits per heavy atom. The lowest BCUT2D eigenvalue weighted by Crippen LogP contribution is -2.21. The molecular weight excluding hydrogens is 196 g/mol. The fourth-order valence-corrected chi connectivity index (χ4v) is 3.22. The second kappa shape index (κ2) is 2.99. The Morgan fingerprint density at radius 1 is 1.43 bits per heavy atom. The number of hydrogen-bond donors (Lipinski definition) is 0. The van der Waals surface area contributed by atoms with Crippen molar-refractivity contribution in [3.8, 4) is 0 Å². The summed E-state index contributed by atoms with van der Waals surface area (Å²) >= 11 is 1.76. The van der Waals surface area contributed by atoms with Crippen LogP contribution in [0.4, 0.5) is 0 Å². The molecule has 1 saturated heterocycles. The number of rotatable bonds is 0. The summed E-state index contributed by atoms with van der Waals surface area (Å²) in [5.74, 6) is 1.01. The summed E-state index contributed by atoms with van der Waals surface area (Å²) in [6.07, 6.45) is 0.283. The third-order valence-electron chi connectivity index (χ3n) is 2.63. The molecule has 2 heterocycles. The summed E-state index contributed by atoms with van der Waals surface area (Å²) in [7, 11) is 0. The highest BCUT2D eigenvalue weighted by Crippen LogP contribution is 2.50. The normalized spacial score (nSPS) is 35.1. The van der Waals surface area contributed by atoms with Gasteiger partial charge in [0.05, 0.1) is 12.7 Å². The summed E-state index contributed by atoms with van der Waals surface area (Å²) in [5.41, 5.74) is 2.46. The summed E-state index contributed by atoms with van der Waals surface area (Å²) in [6.45, 7) is 2.77. The second-order valence-corrected chi connectivity index (χ2v) is 4.90. The van der Waals surface area contributed by atoms with Crippen molar-refractivity contribution < 1.29 is 9.47 Å². The van der Waals surface area contributed by atoms with E-state index in [1.165, 1.54) is 11.1 Å². The molecule has 0 unspecified atom stereocenters. The average Bonchev–Trinajstić information content (AvgIpc) is 2.75. The number of hydrogen-bond acceptors (Lipinski definition) is 3. The van der Waals surface area contributed by atoms with Gasteiger partial charge in [-0.05, 0) is 12.5 Å². The maximum Gasteiger partial charge on any atom is 0.246 e. The molecule has 0 bridgehead atoms. The van der Waals surface area contributed by atoms with Crippen LogP contribution < -0.4 is 0 Å². The number of benzene rings is 1. The highest BCUT2D eigenvalue weighted by Gasteiger charge is 2.47. The van der Waals surface area contributed by atoms with Gasteiger partial charge in [-0.2, -0.15) is 0 Å². The van der Waals surface area contributed by atoms with E-state index in [1.807, 2.05) is 12.1 Å². The van der Waals surface area contributed by atoms with E-state index in [2.05, 4.69) is 19.1 Å². The molecule has 3 heteroatoms. The fourth-order valence-electron chi connectivity index (χ4n) is 1.97. The number of fused-ring (bicyclic) bond motifs is 2. The lowest BCUT2D eigenvalue weighted by Gasteiger charge is -2.22. The largest absolute Gasteiger partial charge is 0.334 e. The smallest absolute Gasteiger partial charge is 0.246 e. The van der Waals surface area contributed by atoms with Gasteiger partial charge in [0.1, 0.15) is 0 Å². The molecule has 1 aromatic carbocycles. The van der Waals surface area contributed by atoms with E-state index in [4.69, 9.17) is 9.47 Å². The van der Waals surface area contributed by atoms with E-state index in [0.29, 0.717) is 6.61 Å². The predicted molar refractivity (Wildman–Crippen MR) is 55.9 cm³/mol. The molecule has 0 amide bonds. The molecule has 0 radical (unpaired) electrons. The average molecular weight is 208 g/mol. The summed E-state index contributed by atoms with van der Waals surface area (Å²) < 4.78 is 11.7. The van der Waals surface area contributed by atoms with Crippen molar-refractivity contribution in [1.82, 2.24) is 0 Å². The summed E-state index contributed by atoms with van der Waals surface area (Å²) in [6, 6.07) is 8.30. The highest BCUT2D eigenvalue weighted by molar-refractivity contribution is 8.00. The van der Waals surface area contributed by atoms with Crippen LogP contribution in [0, 0.1) is 0 Å². The van der Waals surface area contributed by atoms with Crippen LogP contribution in [0.25, 0.3) is 0 Å². The first-order valence-electron chi connectivity index (χ1n) is 4.84. The molecule has 0 N–H and O–H groups in total. The highest BCUT2D eigenvalue weighted by atomic mass is 32.2. The van der Waals surface area contributed by atoms with E-state index in [0.717, 1.165) is 5.75 Å². The minimum Gasteiger partial charge on any atom is -0.334 e. The zero-order valence-corrected chi connectivity index (χ0v) is 8.84. The molecule has 14 heavy (non-hydrogen) atoms. The molecule has 1 spiro atoms. The van der Waals surface area contributed by atoms with Crippen LogP contribution in [0.5, 0.6) is 0 Å². The fraction of sp³-hybridized carbons (Fsp3) is 0.455. The Hall–Kier alpha value is -0.510. The van der Waals surface area contributed by atoms with Gasteiger partial charge >= 0.3 is 0 Å². The molecule has 74 valence electrons.